The fourth-order valence-corrected chi connectivity index (χ4v) is 3.94. The summed E-state index contributed by atoms with van der Waals surface area (Å²) < 4.78 is 8.24. The molecule has 0 radical (unpaired) electrons. The number of imidazole rings is 1. The Balaban J connectivity index is 1.67. The topological polar surface area (TPSA) is 56.2 Å². The molecule has 30 heavy (non-hydrogen) atoms. The summed E-state index contributed by atoms with van der Waals surface area (Å²) in [6.07, 6.45) is 2.44. The van der Waals surface area contributed by atoms with Crippen LogP contribution < -0.4 is 10.1 Å². The Morgan fingerprint density at radius 1 is 1.10 bits per heavy atom. The van der Waals surface area contributed by atoms with Crippen molar-refractivity contribution in [3.63, 3.8) is 0 Å². The Morgan fingerprint density at radius 3 is 2.50 bits per heavy atom. The van der Waals surface area contributed by atoms with Crippen LogP contribution in [0.25, 0.3) is 11.0 Å². The van der Waals surface area contributed by atoms with Gasteiger partial charge in [-0.3, -0.25) is 4.79 Å². The van der Waals surface area contributed by atoms with Gasteiger partial charge in [0.05, 0.1) is 17.6 Å². The number of carbonyl (C=O) groups is 1. The van der Waals surface area contributed by atoms with Crippen LogP contribution in [-0.2, 0) is 17.8 Å². The molecule has 160 valence electrons. The van der Waals surface area contributed by atoms with Crippen molar-refractivity contribution in [3.8, 4) is 5.75 Å². The van der Waals surface area contributed by atoms with E-state index < -0.39 is 0 Å². The summed E-state index contributed by atoms with van der Waals surface area (Å²) in [5.41, 5.74) is 4.48. The Hall–Kier alpha value is -2.82. The predicted molar refractivity (Wildman–Crippen MR) is 122 cm³/mol. The summed E-state index contributed by atoms with van der Waals surface area (Å²) in [4.78, 5) is 17.1. The zero-order chi connectivity index (χ0) is 21.5. The Bertz CT molecular complexity index is 969. The SMILES string of the molecule is CCC(CC)C(=O)NCCc1nc2ccccc2n1CCOc1cc(C)cc(C)c1. The highest BCUT2D eigenvalue weighted by molar-refractivity contribution is 5.78. The van der Waals surface area contributed by atoms with Crippen LogP contribution in [0.4, 0.5) is 0 Å². The van der Waals surface area contributed by atoms with Crippen LogP contribution >= 0.6 is 0 Å². The molecule has 1 aromatic heterocycles. The first kappa shape index (κ1) is 21.9. The van der Waals surface area contributed by atoms with Crippen LogP contribution in [0.3, 0.4) is 0 Å². The summed E-state index contributed by atoms with van der Waals surface area (Å²) in [6, 6.07) is 14.4. The van der Waals surface area contributed by atoms with Gasteiger partial charge < -0.3 is 14.6 Å². The normalized spacial score (nSPS) is 11.2. The number of hydrogen-bond acceptors (Lipinski definition) is 3. The number of rotatable bonds is 10. The van der Waals surface area contributed by atoms with Gasteiger partial charge in [0.25, 0.3) is 0 Å². The van der Waals surface area contributed by atoms with Crippen molar-refractivity contribution in [2.75, 3.05) is 13.2 Å². The number of fused-ring (bicyclic) bond motifs is 1. The average molecular weight is 408 g/mol. The van der Waals surface area contributed by atoms with Gasteiger partial charge in [-0.2, -0.15) is 0 Å². The molecule has 0 atom stereocenters. The number of aromatic nitrogens is 2. The molecule has 1 N–H and O–H groups in total. The van der Waals surface area contributed by atoms with E-state index in [4.69, 9.17) is 9.72 Å². The van der Waals surface area contributed by atoms with Crippen LogP contribution in [0.15, 0.2) is 42.5 Å². The average Bonchev–Trinajstić information content (AvgIpc) is 3.06. The van der Waals surface area contributed by atoms with Gasteiger partial charge in [-0.05, 0) is 62.1 Å². The largest absolute Gasteiger partial charge is 0.492 e. The van der Waals surface area contributed by atoms with Crippen molar-refractivity contribution in [2.24, 2.45) is 5.92 Å². The number of ether oxygens (including phenoxy) is 1. The molecule has 0 aliphatic rings. The molecule has 0 bridgehead atoms. The standard InChI is InChI=1S/C25H33N3O2/c1-5-20(6-2)25(29)26-12-11-24-27-22-9-7-8-10-23(22)28(24)13-14-30-21-16-18(3)15-19(4)17-21/h7-10,15-17,20H,5-6,11-14H2,1-4H3,(H,26,29). The third-order valence-corrected chi connectivity index (χ3v) is 5.52. The van der Waals surface area contributed by atoms with Crippen molar-refractivity contribution in [2.45, 2.75) is 53.5 Å². The highest BCUT2D eigenvalue weighted by atomic mass is 16.5. The van der Waals surface area contributed by atoms with E-state index in [9.17, 15) is 4.79 Å². The summed E-state index contributed by atoms with van der Waals surface area (Å²) >= 11 is 0. The van der Waals surface area contributed by atoms with Gasteiger partial charge in [0, 0.05) is 18.9 Å². The number of carbonyl (C=O) groups excluding carboxylic acids is 1. The van der Waals surface area contributed by atoms with Crippen LogP contribution in [0.2, 0.25) is 0 Å². The minimum absolute atomic E-state index is 0.0926. The quantitative estimate of drug-likeness (QED) is 0.524. The van der Waals surface area contributed by atoms with E-state index in [1.807, 2.05) is 18.2 Å². The lowest BCUT2D eigenvalue weighted by Gasteiger charge is -2.14. The van der Waals surface area contributed by atoms with Gasteiger partial charge in [-0.25, -0.2) is 4.98 Å². The van der Waals surface area contributed by atoms with E-state index in [1.54, 1.807) is 0 Å². The molecule has 3 rings (SSSR count). The van der Waals surface area contributed by atoms with E-state index in [0.717, 1.165) is 35.4 Å². The minimum Gasteiger partial charge on any atom is -0.492 e. The molecule has 1 heterocycles. The first-order chi connectivity index (χ1) is 14.5. The molecular weight excluding hydrogens is 374 g/mol. The van der Waals surface area contributed by atoms with Crippen molar-refractivity contribution in [1.82, 2.24) is 14.9 Å². The predicted octanol–water partition coefficient (Wildman–Crippen LogP) is 4.83. The van der Waals surface area contributed by atoms with Crippen molar-refractivity contribution in [1.29, 1.82) is 0 Å². The number of amides is 1. The Morgan fingerprint density at radius 2 is 1.80 bits per heavy atom. The summed E-state index contributed by atoms with van der Waals surface area (Å²) in [5.74, 6) is 2.11. The molecule has 0 spiro atoms. The molecule has 0 saturated carbocycles. The molecule has 5 heteroatoms. The fourth-order valence-electron chi connectivity index (χ4n) is 3.94. The van der Waals surface area contributed by atoms with Gasteiger partial charge in [0.15, 0.2) is 0 Å². The van der Waals surface area contributed by atoms with Gasteiger partial charge in [0.1, 0.15) is 18.2 Å². The Labute approximate surface area is 179 Å². The van der Waals surface area contributed by atoms with Crippen molar-refractivity contribution >= 4 is 16.9 Å². The number of aryl methyl sites for hydroxylation is 2. The number of hydrogen-bond donors (Lipinski definition) is 1. The maximum Gasteiger partial charge on any atom is 0.223 e. The summed E-state index contributed by atoms with van der Waals surface area (Å²) in [7, 11) is 0. The molecule has 0 aliphatic carbocycles. The Kier molecular flexibility index (Phi) is 7.50. The van der Waals surface area contributed by atoms with E-state index in [0.29, 0.717) is 26.1 Å². The third kappa shape index (κ3) is 5.41. The lowest BCUT2D eigenvalue weighted by molar-refractivity contribution is -0.125. The molecule has 0 unspecified atom stereocenters. The lowest BCUT2D eigenvalue weighted by Crippen LogP contribution is -2.32. The molecule has 0 aliphatic heterocycles. The summed E-state index contributed by atoms with van der Waals surface area (Å²) in [6.45, 7) is 10.1. The zero-order valence-corrected chi connectivity index (χ0v) is 18.6. The molecule has 1 amide bonds. The minimum atomic E-state index is 0.0926. The van der Waals surface area contributed by atoms with Gasteiger partial charge in [0.2, 0.25) is 5.91 Å². The monoisotopic (exact) mass is 407 g/mol. The number of benzene rings is 2. The fraction of sp³-hybridized carbons (Fsp3) is 0.440. The second-order valence-corrected chi connectivity index (χ2v) is 7.89. The highest BCUT2D eigenvalue weighted by Crippen LogP contribution is 2.19. The molecule has 5 nitrogen and oxygen atoms in total. The lowest BCUT2D eigenvalue weighted by atomic mass is 10.0. The first-order valence-corrected chi connectivity index (χ1v) is 10.9. The second kappa shape index (κ2) is 10.3. The van der Waals surface area contributed by atoms with Crippen LogP contribution in [0.1, 0.15) is 43.6 Å². The van der Waals surface area contributed by atoms with Crippen molar-refractivity contribution < 1.29 is 9.53 Å². The highest BCUT2D eigenvalue weighted by Gasteiger charge is 2.15. The van der Waals surface area contributed by atoms with Crippen LogP contribution in [0.5, 0.6) is 5.75 Å². The van der Waals surface area contributed by atoms with Gasteiger partial charge in [-0.15, -0.1) is 0 Å². The molecule has 0 saturated heterocycles. The van der Waals surface area contributed by atoms with Crippen molar-refractivity contribution in [3.05, 3.63) is 59.4 Å². The molecule has 2 aromatic carbocycles. The molecule has 3 aromatic rings. The number of nitrogens with one attached hydrogen (secondary N) is 1. The maximum atomic E-state index is 12.3. The van der Waals surface area contributed by atoms with E-state index >= 15 is 0 Å². The van der Waals surface area contributed by atoms with Gasteiger partial charge >= 0.3 is 0 Å². The van der Waals surface area contributed by atoms with E-state index in [2.05, 4.69) is 61.8 Å². The third-order valence-electron chi connectivity index (χ3n) is 5.52. The first-order valence-electron chi connectivity index (χ1n) is 10.9. The maximum absolute atomic E-state index is 12.3. The van der Waals surface area contributed by atoms with E-state index in [-0.39, 0.29) is 11.8 Å². The second-order valence-electron chi connectivity index (χ2n) is 7.89. The number of para-hydroxylation sites is 2. The molecule has 0 fully saturated rings. The molecular formula is C25H33N3O2. The zero-order valence-electron chi connectivity index (χ0n) is 18.6. The smallest absolute Gasteiger partial charge is 0.223 e. The van der Waals surface area contributed by atoms with Crippen LogP contribution in [-0.4, -0.2) is 28.6 Å². The summed E-state index contributed by atoms with van der Waals surface area (Å²) in [5, 5.41) is 3.08. The number of nitrogens with zero attached hydrogens (tertiary/aromatic N) is 2. The van der Waals surface area contributed by atoms with E-state index in [1.165, 1.54) is 11.1 Å². The van der Waals surface area contributed by atoms with Gasteiger partial charge in [-0.1, -0.05) is 32.0 Å². The van der Waals surface area contributed by atoms with Crippen LogP contribution in [0, 0.1) is 19.8 Å².